The zero-order chi connectivity index (χ0) is 11.3. The van der Waals surface area contributed by atoms with E-state index in [0.29, 0.717) is 11.2 Å². The maximum atomic E-state index is 11.2. The summed E-state index contributed by atoms with van der Waals surface area (Å²) >= 11 is 0. The van der Waals surface area contributed by atoms with E-state index < -0.39 is 0 Å². The first-order valence-electron chi connectivity index (χ1n) is 6.58. The van der Waals surface area contributed by atoms with Crippen LogP contribution in [0.3, 0.4) is 0 Å². The molecule has 0 aliphatic heterocycles. The SMILES string of the molecule is CCCCCC(C)(C)C1CCC(=O)CC1. The van der Waals surface area contributed by atoms with Crippen LogP contribution in [0.25, 0.3) is 0 Å². The van der Waals surface area contributed by atoms with Gasteiger partial charge in [-0.25, -0.2) is 0 Å². The number of hydrogen-bond donors (Lipinski definition) is 0. The Hall–Kier alpha value is -0.330. The maximum absolute atomic E-state index is 11.2. The molecular formula is C14H26O. The first kappa shape index (κ1) is 12.7. The predicted molar refractivity (Wildman–Crippen MR) is 64.9 cm³/mol. The lowest BCUT2D eigenvalue weighted by molar-refractivity contribution is -0.121. The highest BCUT2D eigenvalue weighted by Gasteiger charge is 2.31. The second-order valence-corrected chi connectivity index (χ2v) is 5.76. The summed E-state index contributed by atoms with van der Waals surface area (Å²) in [4.78, 5) is 11.2. The monoisotopic (exact) mass is 210 g/mol. The number of ketones is 1. The average molecular weight is 210 g/mol. The van der Waals surface area contributed by atoms with E-state index in [0.717, 1.165) is 31.6 Å². The molecule has 0 spiro atoms. The molecule has 1 rings (SSSR count). The van der Waals surface area contributed by atoms with E-state index in [1.807, 2.05) is 0 Å². The molecule has 1 aliphatic rings. The van der Waals surface area contributed by atoms with Gasteiger partial charge in [0.05, 0.1) is 0 Å². The molecule has 0 heterocycles. The lowest BCUT2D eigenvalue weighted by Crippen LogP contribution is -2.28. The van der Waals surface area contributed by atoms with Gasteiger partial charge in [0.1, 0.15) is 5.78 Å². The molecule has 0 aromatic heterocycles. The van der Waals surface area contributed by atoms with Crippen molar-refractivity contribution >= 4 is 5.78 Å². The van der Waals surface area contributed by atoms with Crippen molar-refractivity contribution in [1.82, 2.24) is 0 Å². The Kier molecular flexibility index (Phi) is 4.82. The molecule has 15 heavy (non-hydrogen) atoms. The van der Waals surface area contributed by atoms with Crippen LogP contribution in [-0.2, 0) is 4.79 Å². The molecule has 1 saturated carbocycles. The van der Waals surface area contributed by atoms with E-state index in [2.05, 4.69) is 20.8 Å². The smallest absolute Gasteiger partial charge is 0.132 e. The van der Waals surface area contributed by atoms with Crippen LogP contribution in [0.1, 0.15) is 72.1 Å². The third kappa shape index (κ3) is 3.96. The Labute approximate surface area is 94.6 Å². The minimum atomic E-state index is 0.454. The molecule has 0 bridgehead atoms. The van der Waals surface area contributed by atoms with Gasteiger partial charge >= 0.3 is 0 Å². The van der Waals surface area contributed by atoms with Crippen LogP contribution >= 0.6 is 0 Å². The summed E-state index contributed by atoms with van der Waals surface area (Å²) in [7, 11) is 0. The maximum Gasteiger partial charge on any atom is 0.132 e. The molecule has 0 aromatic rings. The van der Waals surface area contributed by atoms with Crippen molar-refractivity contribution in [3.8, 4) is 0 Å². The summed E-state index contributed by atoms with van der Waals surface area (Å²) in [5.41, 5.74) is 0.454. The molecule has 0 saturated heterocycles. The van der Waals surface area contributed by atoms with Crippen molar-refractivity contribution < 1.29 is 4.79 Å². The van der Waals surface area contributed by atoms with Gasteiger partial charge in [-0.15, -0.1) is 0 Å². The van der Waals surface area contributed by atoms with Gasteiger partial charge in [0, 0.05) is 12.8 Å². The van der Waals surface area contributed by atoms with Crippen LogP contribution in [0.15, 0.2) is 0 Å². The molecule has 0 N–H and O–H groups in total. The molecule has 0 aromatic carbocycles. The van der Waals surface area contributed by atoms with Gasteiger partial charge in [-0.2, -0.15) is 0 Å². The molecular weight excluding hydrogens is 184 g/mol. The number of carbonyl (C=O) groups excluding carboxylic acids is 1. The van der Waals surface area contributed by atoms with Gasteiger partial charge in [0.25, 0.3) is 0 Å². The zero-order valence-corrected chi connectivity index (χ0v) is 10.6. The van der Waals surface area contributed by atoms with E-state index >= 15 is 0 Å². The number of rotatable bonds is 5. The number of unbranched alkanes of at least 4 members (excludes halogenated alkanes) is 2. The number of carbonyl (C=O) groups is 1. The Morgan fingerprint density at radius 3 is 2.33 bits per heavy atom. The molecule has 1 heteroatoms. The molecule has 1 fully saturated rings. The molecule has 0 amide bonds. The zero-order valence-electron chi connectivity index (χ0n) is 10.6. The minimum absolute atomic E-state index is 0.454. The van der Waals surface area contributed by atoms with E-state index in [-0.39, 0.29) is 0 Å². The van der Waals surface area contributed by atoms with Gasteiger partial charge < -0.3 is 0 Å². The van der Waals surface area contributed by atoms with Crippen molar-refractivity contribution in [2.24, 2.45) is 11.3 Å². The van der Waals surface area contributed by atoms with Gasteiger partial charge in [-0.05, 0) is 30.6 Å². The first-order chi connectivity index (χ1) is 7.06. The minimum Gasteiger partial charge on any atom is -0.300 e. The molecule has 1 nitrogen and oxygen atoms in total. The third-order valence-electron chi connectivity index (χ3n) is 4.07. The van der Waals surface area contributed by atoms with Gasteiger partial charge in [0.15, 0.2) is 0 Å². The Bertz CT molecular complexity index is 195. The second-order valence-electron chi connectivity index (χ2n) is 5.76. The van der Waals surface area contributed by atoms with Crippen LogP contribution < -0.4 is 0 Å². The highest BCUT2D eigenvalue weighted by Crippen LogP contribution is 2.40. The second kappa shape index (κ2) is 5.67. The average Bonchev–Trinajstić information content (AvgIpc) is 2.18. The summed E-state index contributed by atoms with van der Waals surface area (Å²) in [6.45, 7) is 7.04. The predicted octanol–water partition coefficient (Wildman–Crippen LogP) is 4.35. The van der Waals surface area contributed by atoms with Crippen molar-refractivity contribution in [3.05, 3.63) is 0 Å². The van der Waals surface area contributed by atoms with E-state index in [9.17, 15) is 4.79 Å². The van der Waals surface area contributed by atoms with Gasteiger partial charge in [-0.1, -0.05) is 40.0 Å². The molecule has 0 radical (unpaired) electrons. The Balaban J connectivity index is 2.35. The van der Waals surface area contributed by atoms with Crippen molar-refractivity contribution in [1.29, 1.82) is 0 Å². The van der Waals surface area contributed by atoms with E-state index in [1.54, 1.807) is 0 Å². The Morgan fingerprint density at radius 1 is 1.20 bits per heavy atom. The van der Waals surface area contributed by atoms with Gasteiger partial charge in [0.2, 0.25) is 0 Å². The van der Waals surface area contributed by atoms with E-state index in [1.165, 1.54) is 25.7 Å². The quantitative estimate of drug-likeness (QED) is 0.616. The standard InChI is InChI=1S/C14H26O/c1-4-5-6-11-14(2,3)12-7-9-13(15)10-8-12/h12H,4-11H2,1-3H3. The van der Waals surface area contributed by atoms with Crippen molar-refractivity contribution in [2.75, 3.05) is 0 Å². The number of Topliss-reactive ketones (excluding diaryl/α,β-unsaturated/α-hetero) is 1. The number of hydrogen-bond acceptors (Lipinski definition) is 1. The summed E-state index contributed by atoms with van der Waals surface area (Å²) in [6.07, 6.45) is 9.29. The third-order valence-corrected chi connectivity index (χ3v) is 4.07. The Morgan fingerprint density at radius 2 is 1.80 bits per heavy atom. The normalized spacial score (nSPS) is 19.5. The fraction of sp³-hybridized carbons (Fsp3) is 0.929. The summed E-state index contributed by atoms with van der Waals surface area (Å²) < 4.78 is 0. The molecule has 0 atom stereocenters. The summed E-state index contributed by atoms with van der Waals surface area (Å²) in [5.74, 6) is 1.27. The van der Waals surface area contributed by atoms with Crippen molar-refractivity contribution in [2.45, 2.75) is 72.1 Å². The fourth-order valence-electron chi connectivity index (χ4n) is 2.76. The lowest BCUT2D eigenvalue weighted by Gasteiger charge is -2.36. The van der Waals surface area contributed by atoms with Crippen LogP contribution in [0.4, 0.5) is 0 Å². The van der Waals surface area contributed by atoms with E-state index in [4.69, 9.17) is 0 Å². The first-order valence-corrected chi connectivity index (χ1v) is 6.58. The molecule has 1 aliphatic carbocycles. The summed E-state index contributed by atoms with van der Waals surface area (Å²) in [6, 6.07) is 0. The van der Waals surface area contributed by atoms with Crippen LogP contribution in [-0.4, -0.2) is 5.78 Å². The fourth-order valence-corrected chi connectivity index (χ4v) is 2.76. The largest absolute Gasteiger partial charge is 0.300 e. The van der Waals surface area contributed by atoms with Crippen LogP contribution in [0.2, 0.25) is 0 Å². The lowest BCUT2D eigenvalue weighted by atomic mass is 9.68. The highest BCUT2D eigenvalue weighted by atomic mass is 16.1. The van der Waals surface area contributed by atoms with Crippen LogP contribution in [0, 0.1) is 11.3 Å². The van der Waals surface area contributed by atoms with Gasteiger partial charge in [-0.3, -0.25) is 4.79 Å². The molecule has 88 valence electrons. The molecule has 0 unspecified atom stereocenters. The summed E-state index contributed by atoms with van der Waals surface area (Å²) in [5, 5.41) is 0. The van der Waals surface area contributed by atoms with Crippen molar-refractivity contribution in [3.63, 3.8) is 0 Å². The van der Waals surface area contributed by atoms with Crippen LogP contribution in [0.5, 0.6) is 0 Å². The highest BCUT2D eigenvalue weighted by molar-refractivity contribution is 5.79. The topological polar surface area (TPSA) is 17.1 Å².